The number of anilines is 1. The van der Waals surface area contributed by atoms with Crippen LogP contribution in [0.25, 0.3) is 0 Å². The molecule has 1 aromatic rings. The first-order chi connectivity index (χ1) is 9.12. The second-order valence-electron chi connectivity index (χ2n) is 6.39. The van der Waals surface area contributed by atoms with E-state index < -0.39 is 0 Å². The number of nitrogens with one attached hydrogen (secondary N) is 1. The SMILES string of the molecule is Cc1ccc(NC2(CO)CC(C)N(C3CC3)C2)cc1. The van der Waals surface area contributed by atoms with Gasteiger partial charge in [-0.25, -0.2) is 0 Å². The van der Waals surface area contributed by atoms with Crippen molar-refractivity contribution in [2.24, 2.45) is 0 Å². The summed E-state index contributed by atoms with van der Waals surface area (Å²) in [4.78, 5) is 2.57. The molecule has 1 aliphatic heterocycles. The third kappa shape index (κ3) is 2.63. The molecule has 3 nitrogen and oxygen atoms in total. The van der Waals surface area contributed by atoms with Crippen LogP contribution in [0, 0.1) is 6.92 Å². The van der Waals surface area contributed by atoms with Crippen LogP contribution in [0.1, 0.15) is 31.7 Å². The summed E-state index contributed by atoms with van der Waals surface area (Å²) in [5, 5.41) is 13.5. The Labute approximate surface area is 115 Å². The van der Waals surface area contributed by atoms with Crippen LogP contribution >= 0.6 is 0 Å². The number of aryl methyl sites for hydroxylation is 1. The van der Waals surface area contributed by atoms with Gasteiger partial charge in [-0.3, -0.25) is 4.90 Å². The van der Waals surface area contributed by atoms with Gasteiger partial charge >= 0.3 is 0 Å². The average Bonchev–Trinajstić information content (AvgIpc) is 3.18. The van der Waals surface area contributed by atoms with E-state index in [1.807, 2.05) is 0 Å². The summed E-state index contributed by atoms with van der Waals surface area (Å²) in [5.74, 6) is 0. The van der Waals surface area contributed by atoms with Crippen molar-refractivity contribution in [2.45, 2.75) is 50.7 Å². The van der Waals surface area contributed by atoms with Gasteiger partial charge in [-0.2, -0.15) is 0 Å². The van der Waals surface area contributed by atoms with Gasteiger partial charge in [0, 0.05) is 24.3 Å². The van der Waals surface area contributed by atoms with E-state index in [1.54, 1.807) is 0 Å². The number of hydrogen-bond acceptors (Lipinski definition) is 3. The first-order valence-electron chi connectivity index (χ1n) is 7.33. The Hall–Kier alpha value is -1.06. The fraction of sp³-hybridized carbons (Fsp3) is 0.625. The minimum Gasteiger partial charge on any atom is -0.394 e. The van der Waals surface area contributed by atoms with Crippen LogP contribution in [0.3, 0.4) is 0 Å². The molecule has 0 aromatic heterocycles. The molecular formula is C16H24N2O. The lowest BCUT2D eigenvalue weighted by Gasteiger charge is -2.30. The minimum atomic E-state index is -0.169. The molecule has 0 amide bonds. The summed E-state index contributed by atoms with van der Waals surface area (Å²) < 4.78 is 0. The van der Waals surface area contributed by atoms with Crippen molar-refractivity contribution < 1.29 is 5.11 Å². The Balaban J connectivity index is 1.74. The number of aliphatic hydroxyl groups excluding tert-OH is 1. The van der Waals surface area contributed by atoms with Gasteiger partial charge in [-0.05, 0) is 45.2 Å². The van der Waals surface area contributed by atoms with Gasteiger partial charge in [0.05, 0.1) is 12.1 Å². The first-order valence-corrected chi connectivity index (χ1v) is 7.33. The normalized spacial score (nSPS) is 31.6. The van der Waals surface area contributed by atoms with Crippen molar-refractivity contribution >= 4 is 5.69 Å². The quantitative estimate of drug-likeness (QED) is 0.872. The van der Waals surface area contributed by atoms with Crippen LogP contribution in [0.5, 0.6) is 0 Å². The van der Waals surface area contributed by atoms with E-state index in [2.05, 4.69) is 48.3 Å². The Morgan fingerprint density at radius 1 is 1.32 bits per heavy atom. The molecule has 1 saturated carbocycles. The molecule has 2 N–H and O–H groups in total. The second-order valence-corrected chi connectivity index (χ2v) is 6.39. The van der Waals surface area contributed by atoms with Crippen LogP contribution < -0.4 is 5.32 Å². The highest BCUT2D eigenvalue weighted by Crippen LogP contribution is 2.38. The molecule has 3 heteroatoms. The Morgan fingerprint density at radius 3 is 2.58 bits per heavy atom. The second kappa shape index (κ2) is 4.80. The molecule has 0 bridgehead atoms. The maximum Gasteiger partial charge on any atom is 0.0745 e. The average molecular weight is 260 g/mol. The predicted molar refractivity (Wildman–Crippen MR) is 78.4 cm³/mol. The van der Waals surface area contributed by atoms with E-state index >= 15 is 0 Å². The van der Waals surface area contributed by atoms with Gasteiger partial charge < -0.3 is 10.4 Å². The van der Waals surface area contributed by atoms with E-state index in [-0.39, 0.29) is 12.1 Å². The van der Waals surface area contributed by atoms with Crippen LogP contribution in [0.4, 0.5) is 5.69 Å². The molecule has 2 fully saturated rings. The Bertz CT molecular complexity index is 441. The summed E-state index contributed by atoms with van der Waals surface area (Å²) in [5.41, 5.74) is 2.21. The molecule has 1 heterocycles. The number of likely N-dealkylation sites (tertiary alicyclic amines) is 1. The highest BCUT2D eigenvalue weighted by molar-refractivity contribution is 5.47. The van der Waals surface area contributed by atoms with Gasteiger partial charge in [0.2, 0.25) is 0 Å². The standard InChI is InChI=1S/C16H24N2O/c1-12-3-5-14(6-4-12)17-16(11-19)9-13(2)18(10-16)15-7-8-15/h3-6,13,15,17,19H,7-11H2,1-2H3. The van der Waals surface area contributed by atoms with Crippen molar-refractivity contribution in [3.05, 3.63) is 29.8 Å². The molecule has 2 unspecified atom stereocenters. The van der Waals surface area contributed by atoms with E-state index in [0.717, 1.165) is 24.7 Å². The molecule has 0 spiro atoms. The fourth-order valence-corrected chi connectivity index (χ4v) is 3.34. The largest absolute Gasteiger partial charge is 0.394 e. The van der Waals surface area contributed by atoms with Crippen molar-refractivity contribution in [2.75, 3.05) is 18.5 Å². The number of rotatable bonds is 4. The molecular weight excluding hydrogens is 236 g/mol. The maximum absolute atomic E-state index is 9.88. The molecule has 1 aliphatic carbocycles. The highest BCUT2D eigenvalue weighted by Gasteiger charge is 2.46. The lowest BCUT2D eigenvalue weighted by Crippen LogP contribution is -2.45. The van der Waals surface area contributed by atoms with E-state index in [4.69, 9.17) is 0 Å². The van der Waals surface area contributed by atoms with Gasteiger partial charge in [0.15, 0.2) is 0 Å². The van der Waals surface area contributed by atoms with E-state index in [1.165, 1.54) is 18.4 Å². The summed E-state index contributed by atoms with van der Waals surface area (Å²) in [6.45, 7) is 5.54. The summed E-state index contributed by atoms with van der Waals surface area (Å²) in [6.07, 6.45) is 3.68. The lowest BCUT2D eigenvalue weighted by atomic mass is 9.97. The molecule has 2 atom stereocenters. The summed E-state index contributed by atoms with van der Waals surface area (Å²) >= 11 is 0. The predicted octanol–water partition coefficient (Wildman–Crippen LogP) is 2.39. The maximum atomic E-state index is 9.88. The minimum absolute atomic E-state index is 0.169. The van der Waals surface area contributed by atoms with Gasteiger partial charge in [0.25, 0.3) is 0 Å². The van der Waals surface area contributed by atoms with Gasteiger partial charge in [-0.1, -0.05) is 17.7 Å². The molecule has 2 aliphatic rings. The zero-order valence-electron chi connectivity index (χ0n) is 11.9. The van der Waals surface area contributed by atoms with Crippen molar-refractivity contribution in [3.63, 3.8) is 0 Å². The number of aliphatic hydroxyl groups is 1. The van der Waals surface area contributed by atoms with E-state index in [0.29, 0.717) is 6.04 Å². The number of nitrogens with zero attached hydrogens (tertiary/aromatic N) is 1. The van der Waals surface area contributed by atoms with Gasteiger partial charge in [0.1, 0.15) is 0 Å². The van der Waals surface area contributed by atoms with E-state index in [9.17, 15) is 5.11 Å². The highest BCUT2D eigenvalue weighted by atomic mass is 16.3. The van der Waals surface area contributed by atoms with Crippen LogP contribution in [0.2, 0.25) is 0 Å². The smallest absolute Gasteiger partial charge is 0.0745 e. The van der Waals surface area contributed by atoms with Crippen molar-refractivity contribution in [1.29, 1.82) is 0 Å². The molecule has 1 aromatic carbocycles. The topological polar surface area (TPSA) is 35.5 Å². The Morgan fingerprint density at radius 2 is 2.00 bits per heavy atom. The first kappa shape index (κ1) is 12.9. The lowest BCUT2D eigenvalue weighted by molar-refractivity contribution is 0.201. The Kier molecular flexibility index (Phi) is 3.27. The molecule has 1 saturated heterocycles. The fourth-order valence-electron chi connectivity index (χ4n) is 3.34. The monoisotopic (exact) mass is 260 g/mol. The van der Waals surface area contributed by atoms with Crippen LogP contribution in [-0.2, 0) is 0 Å². The zero-order chi connectivity index (χ0) is 13.5. The molecule has 0 radical (unpaired) electrons. The van der Waals surface area contributed by atoms with Crippen LogP contribution in [-0.4, -0.2) is 40.8 Å². The number of benzene rings is 1. The third-order valence-electron chi connectivity index (χ3n) is 4.52. The molecule has 104 valence electrons. The summed E-state index contributed by atoms with van der Waals surface area (Å²) in [6, 6.07) is 9.78. The van der Waals surface area contributed by atoms with Crippen LogP contribution in [0.15, 0.2) is 24.3 Å². The van der Waals surface area contributed by atoms with Crippen molar-refractivity contribution in [1.82, 2.24) is 4.90 Å². The number of hydrogen-bond donors (Lipinski definition) is 2. The third-order valence-corrected chi connectivity index (χ3v) is 4.52. The summed E-state index contributed by atoms with van der Waals surface area (Å²) in [7, 11) is 0. The van der Waals surface area contributed by atoms with Gasteiger partial charge in [-0.15, -0.1) is 0 Å². The molecule has 3 rings (SSSR count). The molecule has 19 heavy (non-hydrogen) atoms. The van der Waals surface area contributed by atoms with Crippen molar-refractivity contribution in [3.8, 4) is 0 Å². The zero-order valence-corrected chi connectivity index (χ0v) is 11.9.